The Balaban J connectivity index is 1.86. The Morgan fingerprint density at radius 2 is 2.22 bits per heavy atom. The summed E-state index contributed by atoms with van der Waals surface area (Å²) in [5.74, 6) is 0.843. The van der Waals surface area contributed by atoms with Crippen molar-refractivity contribution in [2.45, 2.75) is 32.0 Å². The first-order valence-electron chi connectivity index (χ1n) is 3.74. The molecule has 2 atom stereocenters. The first-order valence-corrected chi connectivity index (χ1v) is 3.74. The van der Waals surface area contributed by atoms with Gasteiger partial charge < -0.3 is 4.74 Å². The van der Waals surface area contributed by atoms with Crippen molar-refractivity contribution in [2.24, 2.45) is 5.92 Å². The molecule has 1 N–H and O–H groups in total. The largest absolute Gasteiger partial charge is 0.361 e. The SMILES string of the molecule is CC1COC(C2CC2)N1. The lowest BCUT2D eigenvalue weighted by atomic mass is 10.3. The van der Waals surface area contributed by atoms with Gasteiger partial charge in [0.25, 0.3) is 0 Å². The molecule has 52 valence electrons. The Hall–Kier alpha value is -0.0800. The van der Waals surface area contributed by atoms with Crippen LogP contribution in [0.5, 0.6) is 0 Å². The van der Waals surface area contributed by atoms with Crippen molar-refractivity contribution in [3.05, 3.63) is 0 Å². The van der Waals surface area contributed by atoms with Crippen LogP contribution >= 0.6 is 0 Å². The van der Waals surface area contributed by atoms with Gasteiger partial charge >= 0.3 is 0 Å². The molecule has 1 saturated heterocycles. The molecule has 1 aliphatic heterocycles. The molecule has 9 heavy (non-hydrogen) atoms. The van der Waals surface area contributed by atoms with Crippen LogP contribution in [0.15, 0.2) is 0 Å². The van der Waals surface area contributed by atoms with Gasteiger partial charge in [-0.1, -0.05) is 0 Å². The monoisotopic (exact) mass is 127 g/mol. The van der Waals surface area contributed by atoms with Gasteiger partial charge in [-0.3, -0.25) is 5.32 Å². The van der Waals surface area contributed by atoms with E-state index in [0.717, 1.165) is 12.5 Å². The number of ether oxygens (including phenoxy) is 1. The third-order valence-electron chi connectivity index (χ3n) is 2.02. The van der Waals surface area contributed by atoms with Gasteiger partial charge in [0.1, 0.15) is 6.23 Å². The zero-order chi connectivity index (χ0) is 6.27. The van der Waals surface area contributed by atoms with Crippen LogP contribution in [0.1, 0.15) is 19.8 Å². The highest BCUT2D eigenvalue weighted by Gasteiger charge is 2.35. The van der Waals surface area contributed by atoms with Crippen molar-refractivity contribution in [3.8, 4) is 0 Å². The summed E-state index contributed by atoms with van der Waals surface area (Å²) < 4.78 is 5.48. The third-order valence-corrected chi connectivity index (χ3v) is 2.02. The Morgan fingerprint density at radius 3 is 2.67 bits per heavy atom. The molecule has 0 aromatic rings. The number of hydrogen-bond donors (Lipinski definition) is 1. The second kappa shape index (κ2) is 1.96. The average Bonchev–Trinajstić information content (AvgIpc) is 2.58. The Bertz CT molecular complexity index is 111. The first-order chi connectivity index (χ1) is 4.36. The molecule has 2 heteroatoms. The third kappa shape index (κ3) is 1.10. The van der Waals surface area contributed by atoms with Gasteiger partial charge in [-0.25, -0.2) is 0 Å². The van der Waals surface area contributed by atoms with Crippen LogP contribution in [0, 0.1) is 5.92 Å². The molecule has 2 unspecified atom stereocenters. The second-order valence-corrected chi connectivity index (χ2v) is 3.16. The molecule has 0 amide bonds. The quantitative estimate of drug-likeness (QED) is 0.560. The molecule has 0 bridgehead atoms. The van der Waals surface area contributed by atoms with E-state index in [1.165, 1.54) is 12.8 Å². The minimum atomic E-state index is 0.403. The smallest absolute Gasteiger partial charge is 0.111 e. The van der Waals surface area contributed by atoms with E-state index in [2.05, 4.69) is 12.2 Å². The molecule has 2 nitrogen and oxygen atoms in total. The molecule has 0 spiro atoms. The lowest BCUT2D eigenvalue weighted by Gasteiger charge is -2.06. The van der Waals surface area contributed by atoms with E-state index in [9.17, 15) is 0 Å². The zero-order valence-corrected chi connectivity index (χ0v) is 5.76. The lowest BCUT2D eigenvalue weighted by Crippen LogP contribution is -2.29. The Kier molecular flexibility index (Phi) is 1.24. The van der Waals surface area contributed by atoms with E-state index in [1.807, 2.05) is 0 Å². The number of nitrogens with one attached hydrogen (secondary N) is 1. The maximum atomic E-state index is 5.48. The summed E-state index contributed by atoms with van der Waals surface area (Å²) in [6.07, 6.45) is 3.13. The van der Waals surface area contributed by atoms with E-state index in [4.69, 9.17) is 4.74 Å². The van der Waals surface area contributed by atoms with E-state index in [-0.39, 0.29) is 0 Å². The fraction of sp³-hybridized carbons (Fsp3) is 1.00. The molecule has 0 aromatic heterocycles. The van der Waals surface area contributed by atoms with E-state index >= 15 is 0 Å². The highest BCUT2D eigenvalue weighted by Crippen LogP contribution is 2.34. The predicted octanol–water partition coefficient (Wildman–Crippen LogP) is 0.731. The molecular formula is C7H13NO. The van der Waals surface area contributed by atoms with Crippen LogP contribution in [-0.4, -0.2) is 18.9 Å². The summed E-state index contributed by atoms with van der Waals surface area (Å²) in [5, 5.41) is 3.39. The highest BCUT2D eigenvalue weighted by molar-refractivity contribution is 4.85. The van der Waals surface area contributed by atoms with Gasteiger partial charge in [-0.15, -0.1) is 0 Å². The van der Waals surface area contributed by atoms with Crippen molar-refractivity contribution in [2.75, 3.05) is 6.61 Å². The van der Waals surface area contributed by atoms with Crippen molar-refractivity contribution in [3.63, 3.8) is 0 Å². The van der Waals surface area contributed by atoms with Gasteiger partial charge in [0.15, 0.2) is 0 Å². The Labute approximate surface area is 55.6 Å². The maximum Gasteiger partial charge on any atom is 0.111 e. The highest BCUT2D eigenvalue weighted by atomic mass is 16.5. The van der Waals surface area contributed by atoms with E-state index in [1.54, 1.807) is 0 Å². The molecule has 0 aromatic carbocycles. The number of hydrogen-bond acceptors (Lipinski definition) is 2. The van der Waals surface area contributed by atoms with Gasteiger partial charge in [0.05, 0.1) is 6.61 Å². The second-order valence-electron chi connectivity index (χ2n) is 3.16. The first kappa shape index (κ1) is 5.69. The van der Waals surface area contributed by atoms with Gasteiger partial charge in [0.2, 0.25) is 0 Å². The van der Waals surface area contributed by atoms with E-state index < -0.39 is 0 Å². The van der Waals surface area contributed by atoms with Crippen molar-refractivity contribution >= 4 is 0 Å². The van der Waals surface area contributed by atoms with Crippen LogP contribution < -0.4 is 5.32 Å². The van der Waals surface area contributed by atoms with Crippen LogP contribution in [0.4, 0.5) is 0 Å². The summed E-state index contributed by atoms with van der Waals surface area (Å²) in [4.78, 5) is 0. The standard InChI is InChI=1S/C7H13NO/c1-5-4-9-7(8-5)6-2-3-6/h5-8H,2-4H2,1H3. The molecule has 1 saturated carbocycles. The predicted molar refractivity (Wildman–Crippen MR) is 35.1 cm³/mol. The molecule has 2 aliphatic rings. The minimum Gasteiger partial charge on any atom is -0.361 e. The minimum absolute atomic E-state index is 0.403. The normalized spacial score (nSPS) is 43.7. The lowest BCUT2D eigenvalue weighted by molar-refractivity contribution is 0.0832. The van der Waals surface area contributed by atoms with Crippen molar-refractivity contribution in [1.82, 2.24) is 5.32 Å². The summed E-state index contributed by atoms with van der Waals surface area (Å²) >= 11 is 0. The van der Waals surface area contributed by atoms with Crippen molar-refractivity contribution < 1.29 is 4.74 Å². The molecular weight excluding hydrogens is 114 g/mol. The molecule has 1 heterocycles. The fourth-order valence-corrected chi connectivity index (χ4v) is 1.30. The molecule has 2 rings (SSSR count). The summed E-state index contributed by atoms with van der Waals surface area (Å²) in [5.41, 5.74) is 0. The fourth-order valence-electron chi connectivity index (χ4n) is 1.30. The van der Waals surface area contributed by atoms with Gasteiger partial charge in [-0.2, -0.15) is 0 Å². The summed E-state index contributed by atoms with van der Waals surface area (Å²) in [6.45, 7) is 3.07. The number of rotatable bonds is 1. The molecule has 0 radical (unpaired) electrons. The van der Waals surface area contributed by atoms with Crippen LogP contribution in [0.25, 0.3) is 0 Å². The Morgan fingerprint density at radius 1 is 1.44 bits per heavy atom. The van der Waals surface area contributed by atoms with Crippen molar-refractivity contribution in [1.29, 1.82) is 0 Å². The topological polar surface area (TPSA) is 21.3 Å². The zero-order valence-electron chi connectivity index (χ0n) is 5.76. The summed E-state index contributed by atoms with van der Waals surface area (Å²) in [7, 11) is 0. The van der Waals surface area contributed by atoms with E-state index in [0.29, 0.717) is 12.3 Å². The van der Waals surface area contributed by atoms with Crippen LogP contribution in [-0.2, 0) is 4.74 Å². The maximum absolute atomic E-state index is 5.48. The van der Waals surface area contributed by atoms with Crippen LogP contribution in [0.3, 0.4) is 0 Å². The van der Waals surface area contributed by atoms with Gasteiger partial charge in [0, 0.05) is 6.04 Å². The average molecular weight is 127 g/mol. The van der Waals surface area contributed by atoms with Crippen LogP contribution in [0.2, 0.25) is 0 Å². The van der Waals surface area contributed by atoms with Gasteiger partial charge in [-0.05, 0) is 25.7 Å². The molecule has 1 aliphatic carbocycles. The summed E-state index contributed by atoms with van der Waals surface area (Å²) in [6, 6.07) is 0.579. The molecule has 2 fully saturated rings.